The second kappa shape index (κ2) is 5.70. The Bertz CT molecular complexity index is 382. The Morgan fingerprint density at radius 3 is 2.05 bits per heavy atom. The molecule has 1 saturated heterocycles. The molecule has 4 nitrogen and oxygen atoms in total. The molecular weight excluding hydrogens is 260 g/mol. The van der Waals surface area contributed by atoms with Gasteiger partial charge in [0.15, 0.2) is 0 Å². The molecule has 3 aliphatic rings. The number of rotatable bonds is 7. The summed E-state index contributed by atoms with van der Waals surface area (Å²) in [4.78, 5) is 0. The molecule has 1 atom stereocenters. The molecule has 0 aromatic carbocycles. The minimum absolute atomic E-state index is 0.180. The van der Waals surface area contributed by atoms with Crippen LogP contribution in [0.2, 0.25) is 0 Å². The highest BCUT2D eigenvalue weighted by Gasteiger charge is 2.35. The molecule has 2 aliphatic carbocycles. The molecule has 19 heavy (non-hydrogen) atoms. The molecule has 1 N–H and O–H groups in total. The fourth-order valence-corrected chi connectivity index (χ4v) is 4.78. The van der Waals surface area contributed by atoms with Gasteiger partial charge in [-0.1, -0.05) is 6.42 Å². The van der Waals surface area contributed by atoms with E-state index in [1.54, 1.807) is 0 Å². The second-order valence-corrected chi connectivity index (χ2v) is 8.64. The Morgan fingerprint density at radius 2 is 1.58 bits per heavy atom. The maximum Gasteiger partial charge on any atom is 0.215 e. The first-order valence-electron chi connectivity index (χ1n) is 7.85. The molecule has 1 unspecified atom stereocenters. The van der Waals surface area contributed by atoms with E-state index in [1.807, 2.05) is 4.31 Å². The topological polar surface area (TPSA) is 49.4 Å². The molecule has 0 aromatic rings. The summed E-state index contributed by atoms with van der Waals surface area (Å²) >= 11 is 0. The minimum Gasteiger partial charge on any atom is -0.313 e. The summed E-state index contributed by atoms with van der Waals surface area (Å²) < 4.78 is 27.0. The van der Waals surface area contributed by atoms with Crippen molar-refractivity contribution in [3.63, 3.8) is 0 Å². The molecule has 0 radical (unpaired) electrons. The van der Waals surface area contributed by atoms with Crippen molar-refractivity contribution in [2.45, 2.75) is 51.0 Å². The van der Waals surface area contributed by atoms with Crippen molar-refractivity contribution >= 4 is 10.0 Å². The highest BCUT2D eigenvalue weighted by molar-refractivity contribution is 7.89. The monoisotopic (exact) mass is 286 g/mol. The average molecular weight is 286 g/mol. The molecule has 110 valence electrons. The molecular formula is C14H26N2O2S. The van der Waals surface area contributed by atoms with Gasteiger partial charge in [-0.3, -0.25) is 0 Å². The smallest absolute Gasteiger partial charge is 0.215 e. The third kappa shape index (κ3) is 4.17. The van der Waals surface area contributed by atoms with Crippen LogP contribution in [0.15, 0.2) is 0 Å². The summed E-state index contributed by atoms with van der Waals surface area (Å²) in [6.45, 7) is 2.54. The number of nitrogens with zero attached hydrogens (tertiary/aromatic N) is 1. The molecule has 2 saturated carbocycles. The van der Waals surface area contributed by atoms with Crippen molar-refractivity contribution in [1.82, 2.24) is 9.62 Å². The summed E-state index contributed by atoms with van der Waals surface area (Å²) in [6.07, 6.45) is 8.25. The number of piperidine rings is 1. The van der Waals surface area contributed by atoms with E-state index < -0.39 is 10.0 Å². The molecule has 3 rings (SSSR count). The lowest BCUT2D eigenvalue weighted by Crippen LogP contribution is -2.45. The summed E-state index contributed by atoms with van der Waals surface area (Å²) in [5.74, 6) is 1.60. The third-order valence-electron chi connectivity index (χ3n) is 4.54. The Hall–Kier alpha value is -0.130. The van der Waals surface area contributed by atoms with E-state index in [4.69, 9.17) is 0 Å². The first kappa shape index (κ1) is 13.8. The van der Waals surface area contributed by atoms with Crippen LogP contribution in [-0.4, -0.2) is 44.2 Å². The molecule has 3 fully saturated rings. The quantitative estimate of drug-likeness (QED) is 0.773. The van der Waals surface area contributed by atoms with Gasteiger partial charge in [-0.15, -0.1) is 0 Å². The van der Waals surface area contributed by atoms with Gasteiger partial charge in [0.1, 0.15) is 0 Å². The van der Waals surface area contributed by atoms with Crippen LogP contribution in [0.1, 0.15) is 44.9 Å². The lowest BCUT2D eigenvalue weighted by Gasteiger charge is -2.28. The van der Waals surface area contributed by atoms with Crippen molar-refractivity contribution in [2.24, 2.45) is 11.8 Å². The predicted octanol–water partition coefficient (Wildman–Crippen LogP) is 1.58. The Kier molecular flexibility index (Phi) is 4.15. The molecule has 5 heteroatoms. The van der Waals surface area contributed by atoms with Crippen molar-refractivity contribution in [2.75, 3.05) is 25.4 Å². The Labute approximate surface area is 117 Å². The summed E-state index contributed by atoms with van der Waals surface area (Å²) in [6, 6.07) is 0.180. The van der Waals surface area contributed by atoms with Crippen molar-refractivity contribution in [1.29, 1.82) is 0 Å². The summed E-state index contributed by atoms with van der Waals surface area (Å²) in [7, 11) is -3.06. The number of sulfonamides is 1. The van der Waals surface area contributed by atoms with Gasteiger partial charge in [0, 0.05) is 19.1 Å². The van der Waals surface area contributed by atoms with Crippen LogP contribution in [0, 0.1) is 11.8 Å². The first-order valence-corrected chi connectivity index (χ1v) is 9.45. The lowest BCUT2D eigenvalue weighted by molar-refractivity contribution is 0.369. The third-order valence-corrected chi connectivity index (χ3v) is 6.44. The van der Waals surface area contributed by atoms with Crippen LogP contribution >= 0.6 is 0 Å². The van der Waals surface area contributed by atoms with Gasteiger partial charge < -0.3 is 5.32 Å². The van der Waals surface area contributed by atoms with E-state index in [1.165, 1.54) is 38.5 Å². The molecule has 1 aliphatic heterocycles. The summed E-state index contributed by atoms with van der Waals surface area (Å²) in [5.41, 5.74) is 0. The number of hydrogen-bond acceptors (Lipinski definition) is 3. The van der Waals surface area contributed by atoms with E-state index in [2.05, 4.69) is 5.32 Å². The van der Waals surface area contributed by atoms with E-state index in [0.717, 1.165) is 26.1 Å². The second-order valence-electron chi connectivity index (χ2n) is 6.63. The highest BCUT2D eigenvalue weighted by Crippen LogP contribution is 2.35. The lowest BCUT2D eigenvalue weighted by atomic mass is 10.1. The standard InChI is InChI=1S/C14H26N2O2S/c17-19(18,11-14-3-1-2-8-15-14)16(9-12-4-5-12)10-13-6-7-13/h12-15H,1-11H2. The van der Waals surface area contributed by atoms with Crippen LogP contribution in [0.3, 0.4) is 0 Å². The Morgan fingerprint density at radius 1 is 0.947 bits per heavy atom. The summed E-state index contributed by atoms with van der Waals surface area (Å²) in [5, 5.41) is 3.36. The maximum absolute atomic E-state index is 12.6. The van der Waals surface area contributed by atoms with Crippen LogP contribution in [-0.2, 0) is 10.0 Å². The zero-order valence-corrected chi connectivity index (χ0v) is 12.5. The van der Waals surface area contributed by atoms with Crippen molar-refractivity contribution < 1.29 is 8.42 Å². The molecule has 0 aromatic heterocycles. The largest absolute Gasteiger partial charge is 0.313 e. The highest BCUT2D eigenvalue weighted by atomic mass is 32.2. The van der Waals surface area contributed by atoms with E-state index in [0.29, 0.717) is 17.6 Å². The van der Waals surface area contributed by atoms with E-state index in [-0.39, 0.29) is 6.04 Å². The normalized spacial score (nSPS) is 28.8. The van der Waals surface area contributed by atoms with Crippen molar-refractivity contribution in [3.05, 3.63) is 0 Å². The van der Waals surface area contributed by atoms with E-state index >= 15 is 0 Å². The van der Waals surface area contributed by atoms with Crippen LogP contribution < -0.4 is 5.32 Å². The molecule has 0 spiro atoms. The first-order chi connectivity index (χ1) is 9.13. The van der Waals surface area contributed by atoms with Crippen LogP contribution in [0.4, 0.5) is 0 Å². The van der Waals surface area contributed by atoms with Gasteiger partial charge in [0.25, 0.3) is 0 Å². The fraction of sp³-hybridized carbons (Fsp3) is 1.00. The van der Waals surface area contributed by atoms with Crippen LogP contribution in [0.25, 0.3) is 0 Å². The molecule has 0 amide bonds. The fourth-order valence-electron chi connectivity index (χ4n) is 2.90. The van der Waals surface area contributed by atoms with Crippen molar-refractivity contribution in [3.8, 4) is 0 Å². The molecule has 0 bridgehead atoms. The van der Waals surface area contributed by atoms with Gasteiger partial charge in [0.2, 0.25) is 10.0 Å². The van der Waals surface area contributed by atoms with Gasteiger partial charge in [-0.25, -0.2) is 12.7 Å². The van der Waals surface area contributed by atoms with Gasteiger partial charge in [-0.05, 0) is 56.9 Å². The average Bonchev–Trinajstić information content (AvgIpc) is 3.24. The molecule has 1 heterocycles. The zero-order chi connectivity index (χ0) is 13.3. The minimum atomic E-state index is -3.06. The van der Waals surface area contributed by atoms with Gasteiger partial charge >= 0.3 is 0 Å². The predicted molar refractivity (Wildman–Crippen MR) is 76.4 cm³/mol. The van der Waals surface area contributed by atoms with Gasteiger partial charge in [0.05, 0.1) is 5.75 Å². The van der Waals surface area contributed by atoms with Crippen LogP contribution in [0.5, 0.6) is 0 Å². The number of nitrogens with one attached hydrogen (secondary N) is 1. The maximum atomic E-state index is 12.6. The zero-order valence-electron chi connectivity index (χ0n) is 11.7. The van der Waals surface area contributed by atoms with Gasteiger partial charge in [-0.2, -0.15) is 0 Å². The SMILES string of the molecule is O=S(=O)(CC1CCCCN1)N(CC1CC1)CC1CC1. The Balaban J connectivity index is 1.59. The number of hydrogen-bond donors (Lipinski definition) is 1. The van der Waals surface area contributed by atoms with E-state index in [9.17, 15) is 8.42 Å².